The van der Waals surface area contributed by atoms with Gasteiger partial charge in [0.05, 0.1) is 0 Å². The number of benzene rings is 2. The zero-order valence-corrected chi connectivity index (χ0v) is 12.6. The lowest BCUT2D eigenvalue weighted by Crippen LogP contribution is -2.44. The van der Waals surface area contributed by atoms with Crippen molar-refractivity contribution >= 4 is 11.4 Å². The standard InChI is InChI=1S/C18H23N3/c1-20-11-13-21(14-12-20)18-9-7-16(8-10-18)15-19-17-5-3-2-4-6-17/h2-10,19H,11-15H2,1H3. The highest BCUT2D eigenvalue weighted by molar-refractivity contribution is 5.49. The second-order valence-corrected chi connectivity index (χ2v) is 5.68. The number of rotatable bonds is 4. The quantitative estimate of drug-likeness (QED) is 0.929. The van der Waals surface area contributed by atoms with Gasteiger partial charge in [-0.25, -0.2) is 0 Å². The third-order valence-corrected chi connectivity index (χ3v) is 4.08. The smallest absolute Gasteiger partial charge is 0.0400 e. The van der Waals surface area contributed by atoms with Crippen LogP contribution < -0.4 is 10.2 Å². The maximum atomic E-state index is 3.45. The molecule has 0 unspecified atom stereocenters. The minimum atomic E-state index is 0.868. The van der Waals surface area contributed by atoms with Gasteiger partial charge in [0.2, 0.25) is 0 Å². The molecule has 3 nitrogen and oxygen atoms in total. The Balaban J connectivity index is 1.57. The van der Waals surface area contributed by atoms with Gasteiger partial charge >= 0.3 is 0 Å². The number of nitrogens with zero attached hydrogens (tertiary/aromatic N) is 2. The van der Waals surface area contributed by atoms with E-state index < -0.39 is 0 Å². The number of para-hydroxylation sites is 1. The van der Waals surface area contributed by atoms with Crippen molar-refractivity contribution in [2.45, 2.75) is 6.54 Å². The van der Waals surface area contributed by atoms with Crippen molar-refractivity contribution in [3.63, 3.8) is 0 Å². The molecule has 0 bridgehead atoms. The Morgan fingerprint density at radius 2 is 1.52 bits per heavy atom. The average molecular weight is 281 g/mol. The monoisotopic (exact) mass is 281 g/mol. The molecule has 0 atom stereocenters. The fraction of sp³-hybridized carbons (Fsp3) is 0.333. The summed E-state index contributed by atoms with van der Waals surface area (Å²) in [6.07, 6.45) is 0. The Kier molecular flexibility index (Phi) is 4.41. The minimum absolute atomic E-state index is 0.868. The van der Waals surface area contributed by atoms with E-state index in [4.69, 9.17) is 0 Å². The van der Waals surface area contributed by atoms with E-state index in [0.717, 1.165) is 32.7 Å². The SMILES string of the molecule is CN1CCN(c2ccc(CNc3ccccc3)cc2)CC1. The maximum absolute atomic E-state index is 3.45. The first-order valence-electron chi connectivity index (χ1n) is 7.62. The van der Waals surface area contributed by atoms with Gasteiger partial charge in [0.1, 0.15) is 0 Å². The van der Waals surface area contributed by atoms with E-state index in [1.165, 1.54) is 16.9 Å². The fourth-order valence-electron chi connectivity index (χ4n) is 2.65. The topological polar surface area (TPSA) is 18.5 Å². The molecule has 3 rings (SSSR count). The molecule has 0 aliphatic carbocycles. The predicted octanol–water partition coefficient (Wildman–Crippen LogP) is 3.05. The van der Waals surface area contributed by atoms with Crippen LogP contribution in [0.25, 0.3) is 0 Å². The highest BCUT2D eigenvalue weighted by Gasteiger charge is 2.13. The second-order valence-electron chi connectivity index (χ2n) is 5.68. The molecule has 110 valence electrons. The summed E-state index contributed by atoms with van der Waals surface area (Å²) in [6, 6.07) is 19.3. The lowest BCUT2D eigenvalue weighted by molar-refractivity contribution is 0.313. The van der Waals surface area contributed by atoms with E-state index >= 15 is 0 Å². The molecule has 0 saturated carbocycles. The zero-order valence-electron chi connectivity index (χ0n) is 12.6. The summed E-state index contributed by atoms with van der Waals surface area (Å²) in [7, 11) is 2.19. The molecule has 0 spiro atoms. The Hall–Kier alpha value is -2.00. The van der Waals surface area contributed by atoms with Gasteiger partial charge in [0.15, 0.2) is 0 Å². The third kappa shape index (κ3) is 3.76. The van der Waals surface area contributed by atoms with Crippen LogP contribution in [-0.2, 0) is 6.54 Å². The van der Waals surface area contributed by atoms with Crippen molar-refractivity contribution in [2.24, 2.45) is 0 Å². The predicted molar refractivity (Wildman–Crippen MR) is 89.9 cm³/mol. The molecule has 1 heterocycles. The van der Waals surface area contributed by atoms with Crippen LogP contribution in [0.2, 0.25) is 0 Å². The Morgan fingerprint density at radius 1 is 0.857 bits per heavy atom. The summed E-state index contributed by atoms with van der Waals surface area (Å²) >= 11 is 0. The first-order valence-corrected chi connectivity index (χ1v) is 7.62. The summed E-state index contributed by atoms with van der Waals surface area (Å²) in [5, 5.41) is 3.45. The van der Waals surface area contributed by atoms with E-state index in [1.54, 1.807) is 0 Å². The minimum Gasteiger partial charge on any atom is -0.381 e. The maximum Gasteiger partial charge on any atom is 0.0400 e. The van der Waals surface area contributed by atoms with Gasteiger partial charge in [-0.1, -0.05) is 30.3 Å². The molecular weight excluding hydrogens is 258 g/mol. The van der Waals surface area contributed by atoms with Crippen molar-refractivity contribution in [3.8, 4) is 0 Å². The molecule has 0 radical (unpaired) electrons. The summed E-state index contributed by atoms with van der Waals surface area (Å²) in [5.41, 5.74) is 3.82. The number of hydrogen-bond donors (Lipinski definition) is 1. The van der Waals surface area contributed by atoms with Crippen molar-refractivity contribution < 1.29 is 0 Å². The van der Waals surface area contributed by atoms with Gasteiger partial charge in [-0.05, 0) is 36.9 Å². The fourth-order valence-corrected chi connectivity index (χ4v) is 2.65. The first-order chi connectivity index (χ1) is 10.3. The van der Waals surface area contributed by atoms with Crippen LogP contribution in [0.1, 0.15) is 5.56 Å². The van der Waals surface area contributed by atoms with Gasteiger partial charge in [-0.2, -0.15) is 0 Å². The molecule has 3 heteroatoms. The number of hydrogen-bond acceptors (Lipinski definition) is 3. The van der Waals surface area contributed by atoms with Crippen LogP contribution in [0.5, 0.6) is 0 Å². The molecular formula is C18H23N3. The van der Waals surface area contributed by atoms with Crippen LogP contribution >= 0.6 is 0 Å². The molecule has 1 saturated heterocycles. The molecule has 0 aromatic heterocycles. The largest absolute Gasteiger partial charge is 0.381 e. The van der Waals surface area contributed by atoms with E-state index in [2.05, 4.69) is 70.7 Å². The second kappa shape index (κ2) is 6.64. The van der Waals surface area contributed by atoms with Gasteiger partial charge in [-0.15, -0.1) is 0 Å². The van der Waals surface area contributed by atoms with Gasteiger partial charge in [0, 0.05) is 44.1 Å². The Morgan fingerprint density at radius 3 is 2.19 bits per heavy atom. The Bertz CT molecular complexity index is 542. The van der Waals surface area contributed by atoms with Crippen molar-refractivity contribution in [2.75, 3.05) is 43.4 Å². The molecule has 0 amide bonds. The van der Waals surface area contributed by atoms with Gasteiger partial charge in [0.25, 0.3) is 0 Å². The Labute approximate surface area is 127 Å². The van der Waals surface area contributed by atoms with Crippen molar-refractivity contribution in [1.29, 1.82) is 0 Å². The molecule has 2 aromatic carbocycles. The lowest BCUT2D eigenvalue weighted by Gasteiger charge is -2.34. The summed E-state index contributed by atoms with van der Waals surface area (Å²) in [4.78, 5) is 4.85. The van der Waals surface area contributed by atoms with Gasteiger partial charge < -0.3 is 15.1 Å². The number of nitrogens with one attached hydrogen (secondary N) is 1. The molecule has 1 fully saturated rings. The summed E-state index contributed by atoms with van der Waals surface area (Å²) < 4.78 is 0. The van der Waals surface area contributed by atoms with E-state index in [9.17, 15) is 0 Å². The number of anilines is 2. The zero-order chi connectivity index (χ0) is 14.5. The molecule has 2 aromatic rings. The highest BCUT2D eigenvalue weighted by atomic mass is 15.2. The summed E-state index contributed by atoms with van der Waals surface area (Å²) in [5.74, 6) is 0. The summed E-state index contributed by atoms with van der Waals surface area (Å²) in [6.45, 7) is 5.41. The number of piperazine rings is 1. The van der Waals surface area contributed by atoms with Crippen LogP contribution in [0.4, 0.5) is 11.4 Å². The van der Waals surface area contributed by atoms with E-state index in [-0.39, 0.29) is 0 Å². The number of likely N-dealkylation sites (N-methyl/N-ethyl adjacent to an activating group) is 1. The van der Waals surface area contributed by atoms with Crippen LogP contribution in [0.3, 0.4) is 0 Å². The molecule has 1 aliphatic heterocycles. The highest BCUT2D eigenvalue weighted by Crippen LogP contribution is 2.17. The first kappa shape index (κ1) is 14.0. The van der Waals surface area contributed by atoms with E-state index in [1.807, 2.05) is 6.07 Å². The molecule has 1 aliphatic rings. The molecule has 1 N–H and O–H groups in total. The van der Waals surface area contributed by atoms with Crippen LogP contribution in [0, 0.1) is 0 Å². The average Bonchev–Trinajstić information content (AvgIpc) is 2.55. The lowest BCUT2D eigenvalue weighted by atomic mass is 10.1. The van der Waals surface area contributed by atoms with Gasteiger partial charge in [-0.3, -0.25) is 0 Å². The normalized spacial score (nSPS) is 16.0. The van der Waals surface area contributed by atoms with E-state index in [0.29, 0.717) is 0 Å². The van der Waals surface area contributed by atoms with Crippen molar-refractivity contribution in [3.05, 3.63) is 60.2 Å². The molecule has 21 heavy (non-hydrogen) atoms. The van der Waals surface area contributed by atoms with Crippen LogP contribution in [-0.4, -0.2) is 38.1 Å². The van der Waals surface area contributed by atoms with Crippen LogP contribution in [0.15, 0.2) is 54.6 Å². The van der Waals surface area contributed by atoms with Crippen molar-refractivity contribution in [1.82, 2.24) is 4.90 Å². The third-order valence-electron chi connectivity index (χ3n) is 4.08.